The van der Waals surface area contributed by atoms with Gasteiger partial charge in [0, 0.05) is 6.54 Å². The zero-order valence-electron chi connectivity index (χ0n) is 15.1. The number of aryl methyl sites for hydroxylation is 1. The molecule has 0 spiro atoms. The number of phenolic OH excluding ortho intramolecular Hbond substituents is 1. The van der Waals surface area contributed by atoms with E-state index in [1.165, 1.54) is 19.1 Å². The van der Waals surface area contributed by atoms with Crippen LogP contribution in [-0.2, 0) is 16.0 Å². The van der Waals surface area contributed by atoms with Gasteiger partial charge in [-0.15, -0.1) is 0 Å². The molecule has 2 aromatic rings. The van der Waals surface area contributed by atoms with Crippen LogP contribution in [0.25, 0.3) is 0 Å². The summed E-state index contributed by atoms with van der Waals surface area (Å²) in [7, 11) is 1.61. The molecule has 138 valence electrons. The van der Waals surface area contributed by atoms with Crippen molar-refractivity contribution in [2.24, 2.45) is 0 Å². The molecule has 1 amide bonds. The zero-order chi connectivity index (χ0) is 19.1. The molecule has 0 aliphatic carbocycles. The van der Waals surface area contributed by atoms with E-state index >= 15 is 0 Å². The highest BCUT2D eigenvalue weighted by Gasteiger charge is 2.20. The Hall–Kier alpha value is -3.02. The number of benzene rings is 2. The lowest BCUT2D eigenvalue weighted by atomic mass is 10.1. The molecule has 26 heavy (non-hydrogen) atoms. The summed E-state index contributed by atoms with van der Waals surface area (Å²) in [5.41, 5.74) is 1.91. The average molecular weight is 357 g/mol. The van der Waals surface area contributed by atoms with Crippen molar-refractivity contribution >= 4 is 11.9 Å². The molecule has 0 bridgehead atoms. The lowest BCUT2D eigenvalue weighted by Gasteiger charge is -2.14. The lowest BCUT2D eigenvalue weighted by molar-refractivity contribution is -0.129. The Bertz CT molecular complexity index is 770. The van der Waals surface area contributed by atoms with Gasteiger partial charge in [-0.25, -0.2) is 4.79 Å². The van der Waals surface area contributed by atoms with Crippen LogP contribution in [0, 0.1) is 6.92 Å². The third kappa shape index (κ3) is 5.24. The maximum Gasteiger partial charge on any atom is 0.342 e. The number of rotatable bonds is 7. The molecule has 0 heterocycles. The molecule has 0 aliphatic heterocycles. The van der Waals surface area contributed by atoms with Crippen LogP contribution in [-0.4, -0.2) is 36.7 Å². The summed E-state index contributed by atoms with van der Waals surface area (Å²) in [6, 6.07) is 12.2. The van der Waals surface area contributed by atoms with E-state index in [2.05, 4.69) is 5.32 Å². The van der Waals surface area contributed by atoms with Gasteiger partial charge < -0.3 is 19.9 Å². The van der Waals surface area contributed by atoms with E-state index in [1.807, 2.05) is 24.3 Å². The first-order valence-corrected chi connectivity index (χ1v) is 8.32. The van der Waals surface area contributed by atoms with Gasteiger partial charge in [0.1, 0.15) is 17.1 Å². The number of aromatic hydroxyl groups is 1. The minimum Gasteiger partial charge on any atom is -0.507 e. The smallest absolute Gasteiger partial charge is 0.342 e. The normalized spacial score (nSPS) is 11.5. The Kier molecular flexibility index (Phi) is 6.60. The monoisotopic (exact) mass is 357 g/mol. The first-order valence-electron chi connectivity index (χ1n) is 8.32. The topological polar surface area (TPSA) is 84.9 Å². The second-order valence-corrected chi connectivity index (χ2v) is 5.96. The predicted octanol–water partition coefficient (Wildman–Crippen LogP) is 2.61. The summed E-state index contributed by atoms with van der Waals surface area (Å²) in [6.07, 6.45) is -0.311. The molecule has 0 unspecified atom stereocenters. The number of esters is 1. The van der Waals surface area contributed by atoms with Gasteiger partial charge >= 0.3 is 5.97 Å². The molecule has 0 fully saturated rings. The maximum absolute atomic E-state index is 12.1. The van der Waals surface area contributed by atoms with Gasteiger partial charge in [-0.2, -0.15) is 0 Å². The standard InChI is InChI=1S/C20H23NO5/c1-13-4-9-17(18(22)12-13)20(24)26-14(2)19(23)21-11-10-15-5-7-16(25-3)8-6-15/h4-9,12,14,22H,10-11H2,1-3H3,(H,21,23)/t14-/m1/s1. The second kappa shape index (κ2) is 8.89. The molecule has 0 saturated carbocycles. The molecule has 2 aromatic carbocycles. The molecule has 0 saturated heterocycles. The fourth-order valence-corrected chi connectivity index (χ4v) is 2.36. The van der Waals surface area contributed by atoms with Crippen molar-refractivity contribution in [3.8, 4) is 11.5 Å². The molecule has 2 N–H and O–H groups in total. The van der Waals surface area contributed by atoms with Gasteiger partial charge in [0.25, 0.3) is 5.91 Å². The third-order valence-electron chi connectivity index (χ3n) is 3.90. The molecule has 1 atom stereocenters. The summed E-state index contributed by atoms with van der Waals surface area (Å²) >= 11 is 0. The number of carbonyl (C=O) groups excluding carboxylic acids is 2. The van der Waals surface area contributed by atoms with E-state index in [9.17, 15) is 14.7 Å². The van der Waals surface area contributed by atoms with E-state index in [1.54, 1.807) is 20.1 Å². The van der Waals surface area contributed by atoms with E-state index < -0.39 is 18.0 Å². The van der Waals surface area contributed by atoms with Crippen molar-refractivity contribution in [2.75, 3.05) is 13.7 Å². The van der Waals surface area contributed by atoms with Crippen LogP contribution in [0.2, 0.25) is 0 Å². The van der Waals surface area contributed by atoms with E-state index in [0.29, 0.717) is 13.0 Å². The third-order valence-corrected chi connectivity index (χ3v) is 3.90. The maximum atomic E-state index is 12.1. The van der Waals surface area contributed by atoms with Crippen molar-refractivity contribution in [3.63, 3.8) is 0 Å². The fraction of sp³-hybridized carbons (Fsp3) is 0.300. The van der Waals surface area contributed by atoms with E-state index in [4.69, 9.17) is 9.47 Å². The number of hydrogen-bond donors (Lipinski definition) is 2. The number of ether oxygens (including phenoxy) is 2. The average Bonchev–Trinajstić information content (AvgIpc) is 2.62. The van der Waals surface area contributed by atoms with Crippen LogP contribution in [0.5, 0.6) is 11.5 Å². The minimum absolute atomic E-state index is 0.0356. The highest BCUT2D eigenvalue weighted by molar-refractivity contribution is 5.94. The molecule has 0 aliphatic rings. The Morgan fingerprint density at radius 1 is 1.15 bits per heavy atom. The van der Waals surface area contributed by atoms with E-state index in [0.717, 1.165) is 16.9 Å². The van der Waals surface area contributed by atoms with E-state index in [-0.39, 0.29) is 11.3 Å². The first-order chi connectivity index (χ1) is 12.4. The van der Waals surface area contributed by atoms with Crippen molar-refractivity contribution in [1.29, 1.82) is 0 Å². The number of amides is 1. The lowest BCUT2D eigenvalue weighted by Crippen LogP contribution is -2.36. The second-order valence-electron chi connectivity index (χ2n) is 5.96. The molecule has 6 nitrogen and oxygen atoms in total. The predicted molar refractivity (Wildman–Crippen MR) is 97.4 cm³/mol. The summed E-state index contributed by atoms with van der Waals surface area (Å²) in [4.78, 5) is 24.1. The summed E-state index contributed by atoms with van der Waals surface area (Å²) in [5.74, 6) is -0.515. The van der Waals surface area contributed by atoms with Crippen molar-refractivity contribution in [2.45, 2.75) is 26.4 Å². The van der Waals surface area contributed by atoms with Crippen molar-refractivity contribution in [3.05, 3.63) is 59.2 Å². The van der Waals surface area contributed by atoms with Gasteiger partial charge in [-0.05, 0) is 55.7 Å². The molecule has 2 rings (SSSR count). The van der Waals surface area contributed by atoms with Crippen molar-refractivity contribution in [1.82, 2.24) is 5.32 Å². The largest absolute Gasteiger partial charge is 0.507 e. The molecular weight excluding hydrogens is 334 g/mol. The van der Waals surface area contributed by atoms with Gasteiger partial charge in [0.15, 0.2) is 6.10 Å². The highest BCUT2D eigenvalue weighted by Crippen LogP contribution is 2.19. The Balaban J connectivity index is 1.82. The quantitative estimate of drug-likeness (QED) is 0.744. The summed E-state index contributed by atoms with van der Waals surface area (Å²) in [5, 5.41) is 12.5. The van der Waals surface area contributed by atoms with Crippen LogP contribution in [0.1, 0.15) is 28.4 Å². The number of methoxy groups -OCH3 is 1. The summed E-state index contributed by atoms with van der Waals surface area (Å²) in [6.45, 7) is 3.71. The molecule has 0 radical (unpaired) electrons. The number of carbonyl (C=O) groups is 2. The minimum atomic E-state index is -0.959. The van der Waals surface area contributed by atoms with Crippen LogP contribution in [0.15, 0.2) is 42.5 Å². The Morgan fingerprint density at radius 2 is 1.85 bits per heavy atom. The molecule has 6 heteroatoms. The van der Waals surface area contributed by atoms with Crippen molar-refractivity contribution < 1.29 is 24.2 Å². The van der Waals surface area contributed by atoms with Gasteiger partial charge in [0.2, 0.25) is 0 Å². The van der Waals surface area contributed by atoms with Crippen LogP contribution in [0.3, 0.4) is 0 Å². The zero-order valence-corrected chi connectivity index (χ0v) is 15.1. The Morgan fingerprint density at radius 3 is 2.46 bits per heavy atom. The summed E-state index contributed by atoms with van der Waals surface area (Å²) < 4.78 is 10.2. The molecule has 0 aromatic heterocycles. The first kappa shape index (κ1) is 19.3. The number of phenols is 1. The van der Waals surface area contributed by atoms with Crippen LogP contribution in [0.4, 0.5) is 0 Å². The number of nitrogens with one attached hydrogen (secondary N) is 1. The van der Waals surface area contributed by atoms with Gasteiger partial charge in [-0.1, -0.05) is 18.2 Å². The fourth-order valence-electron chi connectivity index (χ4n) is 2.36. The SMILES string of the molecule is COc1ccc(CCNC(=O)[C@@H](C)OC(=O)c2ccc(C)cc2O)cc1. The van der Waals surface area contributed by atoms with Gasteiger partial charge in [-0.3, -0.25) is 4.79 Å². The number of hydrogen-bond acceptors (Lipinski definition) is 5. The van der Waals surface area contributed by atoms with Gasteiger partial charge in [0.05, 0.1) is 7.11 Å². The van der Waals surface area contributed by atoms with Crippen LogP contribution < -0.4 is 10.1 Å². The Labute approximate surface area is 152 Å². The van der Waals surface area contributed by atoms with Crippen LogP contribution >= 0.6 is 0 Å². The molecular formula is C20H23NO5. The highest BCUT2D eigenvalue weighted by atomic mass is 16.5.